The van der Waals surface area contributed by atoms with E-state index >= 15 is 0 Å². The molecule has 4 heterocycles. The standard InChI is InChI=1S/C20H21N5O3/c1-3-24-12-16(18(26)15-5-4-13(2)23-19(15)24)20(27)25-9-6-14(11-25)28-17-10-21-7-8-22-17/h4-5,7-8,10,12,14H,3,6,9,11H2,1-2H3. The second kappa shape index (κ2) is 7.38. The highest BCUT2D eigenvalue weighted by molar-refractivity contribution is 5.97. The first kappa shape index (κ1) is 18.1. The summed E-state index contributed by atoms with van der Waals surface area (Å²) in [6.45, 7) is 5.39. The Bertz CT molecular complexity index is 1080. The summed E-state index contributed by atoms with van der Waals surface area (Å²) < 4.78 is 7.64. The highest BCUT2D eigenvalue weighted by Crippen LogP contribution is 2.18. The number of pyridine rings is 2. The Morgan fingerprint density at radius 3 is 2.93 bits per heavy atom. The van der Waals surface area contributed by atoms with Crippen LogP contribution in [0.3, 0.4) is 0 Å². The van der Waals surface area contributed by atoms with E-state index in [2.05, 4.69) is 15.0 Å². The number of hydrogen-bond acceptors (Lipinski definition) is 6. The smallest absolute Gasteiger partial charge is 0.259 e. The maximum atomic E-state index is 13.1. The fourth-order valence-corrected chi connectivity index (χ4v) is 3.45. The Morgan fingerprint density at radius 2 is 2.18 bits per heavy atom. The molecule has 0 N–H and O–H groups in total. The zero-order valence-corrected chi connectivity index (χ0v) is 15.8. The SMILES string of the molecule is CCn1cc(C(=O)N2CCC(Oc3cnccn3)C2)c(=O)c2ccc(C)nc21. The molecule has 0 aromatic carbocycles. The van der Waals surface area contributed by atoms with Crippen molar-refractivity contribution in [2.45, 2.75) is 32.9 Å². The molecule has 1 fully saturated rings. The highest BCUT2D eigenvalue weighted by atomic mass is 16.5. The van der Waals surface area contributed by atoms with E-state index < -0.39 is 0 Å². The number of amides is 1. The molecule has 8 heteroatoms. The summed E-state index contributed by atoms with van der Waals surface area (Å²) in [5.74, 6) is 0.155. The molecule has 1 aliphatic heterocycles. The maximum Gasteiger partial charge on any atom is 0.259 e. The van der Waals surface area contributed by atoms with Gasteiger partial charge in [-0.3, -0.25) is 14.6 Å². The van der Waals surface area contributed by atoms with Crippen LogP contribution in [0.5, 0.6) is 5.88 Å². The van der Waals surface area contributed by atoms with Crippen LogP contribution in [-0.2, 0) is 6.54 Å². The molecule has 8 nitrogen and oxygen atoms in total. The van der Waals surface area contributed by atoms with Gasteiger partial charge in [-0.25, -0.2) is 9.97 Å². The third kappa shape index (κ3) is 3.33. The molecule has 1 atom stereocenters. The molecular formula is C20H21N5O3. The Labute approximate surface area is 161 Å². The summed E-state index contributed by atoms with van der Waals surface area (Å²) in [6, 6.07) is 3.53. The van der Waals surface area contributed by atoms with Crippen LogP contribution in [0.2, 0.25) is 0 Å². The number of carbonyl (C=O) groups is 1. The lowest BCUT2D eigenvalue weighted by molar-refractivity contribution is 0.0769. The summed E-state index contributed by atoms with van der Waals surface area (Å²) in [7, 11) is 0. The fourth-order valence-electron chi connectivity index (χ4n) is 3.45. The van der Waals surface area contributed by atoms with Crippen molar-refractivity contribution >= 4 is 16.9 Å². The summed E-state index contributed by atoms with van der Waals surface area (Å²) in [5.41, 5.74) is 1.32. The third-order valence-corrected chi connectivity index (χ3v) is 4.89. The van der Waals surface area contributed by atoms with E-state index in [-0.39, 0.29) is 23.0 Å². The van der Waals surface area contributed by atoms with Gasteiger partial charge in [0.2, 0.25) is 11.3 Å². The highest BCUT2D eigenvalue weighted by Gasteiger charge is 2.30. The largest absolute Gasteiger partial charge is 0.471 e. The number of aromatic nitrogens is 4. The van der Waals surface area contributed by atoms with E-state index in [4.69, 9.17) is 4.74 Å². The number of rotatable bonds is 4. The Balaban J connectivity index is 1.60. The molecule has 1 unspecified atom stereocenters. The van der Waals surface area contributed by atoms with Crippen molar-refractivity contribution in [2.75, 3.05) is 13.1 Å². The Morgan fingerprint density at radius 1 is 1.32 bits per heavy atom. The van der Waals surface area contributed by atoms with Crippen LogP contribution in [0.1, 0.15) is 29.4 Å². The van der Waals surface area contributed by atoms with Gasteiger partial charge < -0.3 is 14.2 Å². The van der Waals surface area contributed by atoms with Gasteiger partial charge in [-0.15, -0.1) is 0 Å². The lowest BCUT2D eigenvalue weighted by Gasteiger charge is -2.18. The molecule has 0 bridgehead atoms. The van der Waals surface area contributed by atoms with Gasteiger partial charge in [-0.05, 0) is 26.0 Å². The monoisotopic (exact) mass is 379 g/mol. The lowest BCUT2D eigenvalue weighted by Crippen LogP contribution is -2.34. The van der Waals surface area contributed by atoms with Crippen molar-refractivity contribution in [1.82, 2.24) is 24.4 Å². The first-order valence-electron chi connectivity index (χ1n) is 9.29. The molecule has 0 aliphatic carbocycles. The van der Waals surface area contributed by atoms with E-state index in [0.29, 0.717) is 43.0 Å². The molecule has 144 valence electrons. The van der Waals surface area contributed by atoms with Gasteiger partial charge in [0.25, 0.3) is 5.91 Å². The quantitative estimate of drug-likeness (QED) is 0.687. The predicted molar refractivity (Wildman–Crippen MR) is 103 cm³/mol. The van der Waals surface area contributed by atoms with Gasteiger partial charge in [0.15, 0.2) is 0 Å². The number of fused-ring (bicyclic) bond motifs is 1. The number of carbonyl (C=O) groups excluding carboxylic acids is 1. The minimum atomic E-state index is -0.282. The normalized spacial score (nSPS) is 16.5. The molecule has 1 saturated heterocycles. The van der Waals surface area contributed by atoms with Crippen molar-refractivity contribution in [3.63, 3.8) is 0 Å². The van der Waals surface area contributed by atoms with Crippen LogP contribution in [-0.4, -0.2) is 49.5 Å². The second-order valence-corrected chi connectivity index (χ2v) is 6.81. The van der Waals surface area contributed by atoms with Gasteiger partial charge in [0.05, 0.1) is 18.1 Å². The number of ether oxygens (including phenoxy) is 1. The lowest BCUT2D eigenvalue weighted by atomic mass is 10.1. The molecule has 0 radical (unpaired) electrons. The zero-order valence-electron chi connectivity index (χ0n) is 15.8. The number of likely N-dealkylation sites (tertiary alicyclic amines) is 1. The predicted octanol–water partition coefficient (Wildman–Crippen LogP) is 1.81. The van der Waals surface area contributed by atoms with Gasteiger partial charge in [0, 0.05) is 43.8 Å². The molecule has 4 rings (SSSR count). The Kier molecular flexibility index (Phi) is 4.77. The van der Waals surface area contributed by atoms with Crippen LogP contribution < -0.4 is 10.2 Å². The molecular weight excluding hydrogens is 358 g/mol. The van der Waals surface area contributed by atoms with Crippen LogP contribution in [0, 0.1) is 6.92 Å². The van der Waals surface area contributed by atoms with Gasteiger partial charge in [0.1, 0.15) is 17.3 Å². The van der Waals surface area contributed by atoms with Gasteiger partial charge >= 0.3 is 0 Å². The average molecular weight is 379 g/mol. The van der Waals surface area contributed by atoms with Crippen molar-refractivity contribution in [2.24, 2.45) is 0 Å². The minimum Gasteiger partial charge on any atom is -0.471 e. The van der Waals surface area contributed by atoms with E-state index in [9.17, 15) is 9.59 Å². The van der Waals surface area contributed by atoms with E-state index in [1.807, 2.05) is 18.4 Å². The third-order valence-electron chi connectivity index (χ3n) is 4.89. The van der Waals surface area contributed by atoms with Crippen molar-refractivity contribution < 1.29 is 9.53 Å². The number of aryl methyl sites for hydroxylation is 2. The summed E-state index contributed by atoms with van der Waals surface area (Å²) in [5, 5.41) is 0.463. The molecule has 28 heavy (non-hydrogen) atoms. The van der Waals surface area contributed by atoms with Crippen molar-refractivity contribution in [1.29, 1.82) is 0 Å². The average Bonchev–Trinajstić information content (AvgIpc) is 3.17. The first-order chi connectivity index (χ1) is 13.6. The molecule has 0 saturated carbocycles. The summed E-state index contributed by atoms with van der Waals surface area (Å²) in [6.07, 6.45) is 6.81. The maximum absolute atomic E-state index is 13.1. The number of nitrogens with zero attached hydrogens (tertiary/aromatic N) is 5. The Hall–Kier alpha value is -3.29. The molecule has 1 amide bonds. The van der Waals surface area contributed by atoms with E-state index in [1.54, 1.807) is 41.8 Å². The van der Waals surface area contributed by atoms with E-state index in [0.717, 1.165) is 5.69 Å². The minimum absolute atomic E-state index is 0.167. The van der Waals surface area contributed by atoms with E-state index in [1.165, 1.54) is 0 Å². The van der Waals surface area contributed by atoms with Gasteiger partial charge in [-0.2, -0.15) is 0 Å². The van der Waals surface area contributed by atoms with Crippen LogP contribution in [0.15, 0.2) is 41.7 Å². The van der Waals surface area contributed by atoms with Crippen LogP contribution >= 0.6 is 0 Å². The second-order valence-electron chi connectivity index (χ2n) is 6.81. The van der Waals surface area contributed by atoms with Crippen molar-refractivity contribution in [3.8, 4) is 5.88 Å². The zero-order chi connectivity index (χ0) is 19.7. The molecule has 3 aromatic rings. The summed E-state index contributed by atoms with van der Waals surface area (Å²) >= 11 is 0. The summed E-state index contributed by atoms with van der Waals surface area (Å²) in [4.78, 5) is 40.2. The topological polar surface area (TPSA) is 90.2 Å². The number of hydrogen-bond donors (Lipinski definition) is 0. The van der Waals surface area contributed by atoms with Crippen LogP contribution in [0.4, 0.5) is 0 Å². The van der Waals surface area contributed by atoms with Crippen LogP contribution in [0.25, 0.3) is 11.0 Å². The molecule has 0 spiro atoms. The molecule has 1 aliphatic rings. The van der Waals surface area contributed by atoms with Crippen molar-refractivity contribution in [3.05, 3.63) is 58.4 Å². The van der Waals surface area contributed by atoms with Gasteiger partial charge in [-0.1, -0.05) is 0 Å². The first-order valence-corrected chi connectivity index (χ1v) is 9.29. The molecule has 3 aromatic heterocycles. The fraction of sp³-hybridized carbons (Fsp3) is 0.350.